The average Bonchev–Trinajstić information content (AvgIpc) is 2.82. The molecule has 0 saturated heterocycles. The minimum atomic E-state index is 0.261. The second-order valence-corrected chi connectivity index (χ2v) is 3.63. The average molecular weight is 199 g/mol. The number of pyridine rings is 1. The summed E-state index contributed by atoms with van der Waals surface area (Å²) in [5.41, 5.74) is 6.81. The fourth-order valence-electron chi connectivity index (χ4n) is 1.45. The van der Waals surface area contributed by atoms with Crippen molar-refractivity contribution in [1.29, 1.82) is 0 Å². The molecule has 2 atom stereocenters. The Morgan fingerprint density at radius 3 is 2.85 bits per heavy atom. The van der Waals surface area contributed by atoms with Gasteiger partial charge in [0, 0.05) is 17.5 Å². The zero-order chi connectivity index (χ0) is 9.42. The minimum absolute atomic E-state index is 0.261. The Bertz CT molecular complexity index is 329. The molecule has 0 aliphatic heterocycles. The summed E-state index contributed by atoms with van der Waals surface area (Å²) >= 11 is 5.73. The fourth-order valence-corrected chi connectivity index (χ4v) is 1.59. The van der Waals surface area contributed by atoms with E-state index >= 15 is 0 Å². The Kier molecular flexibility index (Phi) is 2.14. The molecule has 2 N–H and O–H groups in total. The molecule has 0 spiro atoms. The molecule has 1 aliphatic rings. The molecule has 1 aliphatic carbocycles. The predicted octanol–water partition coefficient (Wildman–Crippen LogP) is 1.56. The van der Waals surface area contributed by atoms with Gasteiger partial charge >= 0.3 is 0 Å². The molecule has 2 rings (SSSR count). The lowest BCUT2D eigenvalue weighted by atomic mass is 10.2. The smallest absolute Gasteiger partial charge is 0.218 e. The largest absolute Gasteiger partial charge is 0.481 e. The highest BCUT2D eigenvalue weighted by molar-refractivity contribution is 6.29. The Balaban J connectivity index is 2.34. The molecule has 70 valence electrons. The van der Waals surface area contributed by atoms with Crippen molar-refractivity contribution < 1.29 is 4.74 Å². The molecule has 2 unspecified atom stereocenters. The molecule has 3 nitrogen and oxygen atoms in total. The molecule has 1 fully saturated rings. The number of nitrogens with two attached hydrogens (primary N) is 1. The second kappa shape index (κ2) is 3.16. The number of methoxy groups -OCH3 is 1. The van der Waals surface area contributed by atoms with Crippen LogP contribution in [0.3, 0.4) is 0 Å². The van der Waals surface area contributed by atoms with Crippen LogP contribution in [0.4, 0.5) is 0 Å². The zero-order valence-electron chi connectivity index (χ0n) is 7.33. The van der Waals surface area contributed by atoms with E-state index in [1.807, 2.05) is 6.07 Å². The van der Waals surface area contributed by atoms with Crippen LogP contribution in [0.25, 0.3) is 0 Å². The van der Waals surface area contributed by atoms with Crippen LogP contribution in [0, 0.1) is 0 Å². The van der Waals surface area contributed by atoms with Crippen molar-refractivity contribution in [2.45, 2.75) is 18.4 Å². The molecular weight excluding hydrogens is 188 g/mol. The van der Waals surface area contributed by atoms with Crippen LogP contribution in [0.1, 0.15) is 17.9 Å². The quantitative estimate of drug-likeness (QED) is 0.734. The number of nitrogens with zero attached hydrogens (tertiary/aromatic N) is 1. The van der Waals surface area contributed by atoms with Gasteiger partial charge in [-0.1, -0.05) is 17.7 Å². The molecule has 1 aromatic heterocycles. The van der Waals surface area contributed by atoms with Crippen molar-refractivity contribution in [3.63, 3.8) is 0 Å². The summed E-state index contributed by atoms with van der Waals surface area (Å²) in [7, 11) is 1.59. The van der Waals surface area contributed by atoms with Crippen LogP contribution >= 0.6 is 11.6 Å². The molecular formula is C9H11ClN2O. The first-order valence-electron chi connectivity index (χ1n) is 4.18. The van der Waals surface area contributed by atoms with E-state index in [4.69, 9.17) is 22.1 Å². The Labute approximate surface area is 81.9 Å². The lowest BCUT2D eigenvalue weighted by Crippen LogP contribution is -2.03. The van der Waals surface area contributed by atoms with Crippen molar-refractivity contribution in [2.75, 3.05) is 7.11 Å². The van der Waals surface area contributed by atoms with Gasteiger partial charge in [0.1, 0.15) is 5.15 Å². The predicted molar refractivity (Wildman–Crippen MR) is 51.1 cm³/mol. The van der Waals surface area contributed by atoms with Gasteiger partial charge in [0.25, 0.3) is 0 Å². The van der Waals surface area contributed by atoms with Gasteiger partial charge in [0.05, 0.1) is 7.11 Å². The third-order valence-corrected chi connectivity index (χ3v) is 2.50. The first-order valence-corrected chi connectivity index (χ1v) is 4.56. The van der Waals surface area contributed by atoms with Crippen molar-refractivity contribution in [2.24, 2.45) is 5.73 Å². The summed E-state index contributed by atoms with van der Waals surface area (Å²) in [6.45, 7) is 0. The van der Waals surface area contributed by atoms with Gasteiger partial charge in [0.2, 0.25) is 5.88 Å². The molecule has 1 aromatic rings. The Morgan fingerprint density at radius 1 is 1.62 bits per heavy atom. The summed E-state index contributed by atoms with van der Waals surface area (Å²) in [5, 5.41) is 0.454. The standard InChI is InChI=1S/C9H11ClN2O/c1-13-9-5(6-4-7(6)11)2-3-8(10)12-9/h2-3,6-7H,4,11H2,1H3. The van der Waals surface area contributed by atoms with Gasteiger partial charge in [-0.05, 0) is 12.5 Å². The first-order chi connectivity index (χ1) is 6.22. The Hall–Kier alpha value is -0.800. The van der Waals surface area contributed by atoms with Gasteiger partial charge in [-0.25, -0.2) is 4.98 Å². The van der Waals surface area contributed by atoms with Crippen LogP contribution in [0.5, 0.6) is 5.88 Å². The molecule has 4 heteroatoms. The zero-order valence-corrected chi connectivity index (χ0v) is 8.08. The summed E-state index contributed by atoms with van der Waals surface area (Å²) in [4.78, 5) is 4.07. The van der Waals surface area contributed by atoms with Crippen LogP contribution < -0.4 is 10.5 Å². The molecule has 0 radical (unpaired) electrons. The summed E-state index contributed by atoms with van der Waals surface area (Å²) < 4.78 is 5.12. The van der Waals surface area contributed by atoms with E-state index in [1.54, 1.807) is 13.2 Å². The van der Waals surface area contributed by atoms with Crippen LogP contribution in [0.2, 0.25) is 5.15 Å². The van der Waals surface area contributed by atoms with Crippen molar-refractivity contribution in [3.05, 3.63) is 22.8 Å². The van der Waals surface area contributed by atoms with E-state index in [0.717, 1.165) is 12.0 Å². The number of halogens is 1. The van der Waals surface area contributed by atoms with Crippen LogP contribution in [-0.2, 0) is 0 Å². The third kappa shape index (κ3) is 1.62. The lowest BCUT2D eigenvalue weighted by Gasteiger charge is -2.05. The fraction of sp³-hybridized carbons (Fsp3) is 0.444. The number of hydrogen-bond donors (Lipinski definition) is 1. The summed E-state index contributed by atoms with van der Waals surface area (Å²) in [6, 6.07) is 3.97. The van der Waals surface area contributed by atoms with Crippen LogP contribution in [0.15, 0.2) is 12.1 Å². The van der Waals surface area contributed by atoms with Gasteiger partial charge in [-0.3, -0.25) is 0 Å². The summed E-state index contributed by atoms with van der Waals surface area (Å²) in [5.74, 6) is 1.00. The van der Waals surface area contributed by atoms with E-state index in [-0.39, 0.29) is 6.04 Å². The lowest BCUT2D eigenvalue weighted by molar-refractivity contribution is 0.392. The van der Waals surface area contributed by atoms with E-state index in [9.17, 15) is 0 Å². The number of ether oxygens (including phenoxy) is 1. The molecule has 1 saturated carbocycles. The van der Waals surface area contributed by atoms with Gasteiger partial charge < -0.3 is 10.5 Å². The SMILES string of the molecule is COc1nc(Cl)ccc1C1CC1N. The monoisotopic (exact) mass is 198 g/mol. The van der Waals surface area contributed by atoms with Gasteiger partial charge in [-0.2, -0.15) is 0 Å². The first kappa shape index (κ1) is 8.78. The minimum Gasteiger partial charge on any atom is -0.481 e. The second-order valence-electron chi connectivity index (χ2n) is 3.24. The van der Waals surface area contributed by atoms with Crippen molar-refractivity contribution in [1.82, 2.24) is 4.98 Å². The molecule has 13 heavy (non-hydrogen) atoms. The van der Waals surface area contributed by atoms with Crippen molar-refractivity contribution >= 4 is 11.6 Å². The maximum atomic E-state index is 5.74. The molecule has 0 bridgehead atoms. The maximum absolute atomic E-state index is 5.74. The number of rotatable bonds is 2. The van der Waals surface area contributed by atoms with E-state index in [1.165, 1.54) is 0 Å². The maximum Gasteiger partial charge on any atom is 0.218 e. The third-order valence-electron chi connectivity index (χ3n) is 2.29. The topological polar surface area (TPSA) is 48.1 Å². The molecule has 0 amide bonds. The number of hydrogen-bond acceptors (Lipinski definition) is 3. The highest BCUT2D eigenvalue weighted by atomic mass is 35.5. The molecule has 0 aromatic carbocycles. The van der Waals surface area contributed by atoms with Crippen molar-refractivity contribution in [3.8, 4) is 5.88 Å². The van der Waals surface area contributed by atoms with Gasteiger partial charge in [0.15, 0.2) is 0 Å². The number of aromatic nitrogens is 1. The Morgan fingerprint density at radius 2 is 2.31 bits per heavy atom. The highest BCUT2D eigenvalue weighted by Crippen LogP contribution is 2.42. The van der Waals surface area contributed by atoms with E-state index in [2.05, 4.69) is 4.98 Å². The van der Waals surface area contributed by atoms with E-state index in [0.29, 0.717) is 17.0 Å². The highest BCUT2D eigenvalue weighted by Gasteiger charge is 2.37. The normalized spacial score (nSPS) is 25.8. The van der Waals surface area contributed by atoms with Gasteiger partial charge in [-0.15, -0.1) is 0 Å². The van der Waals surface area contributed by atoms with Crippen LogP contribution in [-0.4, -0.2) is 18.1 Å². The summed E-state index contributed by atoms with van der Waals surface area (Å²) in [6.07, 6.45) is 1.01. The molecule has 1 heterocycles. The van der Waals surface area contributed by atoms with E-state index < -0.39 is 0 Å².